The second-order valence-electron chi connectivity index (χ2n) is 4.75. The Morgan fingerprint density at radius 2 is 2.33 bits per heavy atom. The molecule has 0 radical (unpaired) electrons. The van der Waals surface area contributed by atoms with E-state index in [0.29, 0.717) is 12.6 Å². The van der Waals surface area contributed by atoms with Gasteiger partial charge in [-0.1, -0.05) is 13.0 Å². The van der Waals surface area contributed by atoms with Crippen LogP contribution in [-0.2, 0) is 11.3 Å². The van der Waals surface area contributed by atoms with Gasteiger partial charge in [-0.25, -0.2) is 4.39 Å². The molecule has 0 saturated carbocycles. The van der Waals surface area contributed by atoms with Crippen LogP contribution in [0.3, 0.4) is 0 Å². The van der Waals surface area contributed by atoms with Gasteiger partial charge in [-0.15, -0.1) is 0 Å². The molecule has 1 saturated heterocycles. The highest BCUT2D eigenvalue weighted by atomic mass is 19.1. The van der Waals surface area contributed by atoms with E-state index in [2.05, 4.69) is 11.8 Å². The predicted octanol–water partition coefficient (Wildman–Crippen LogP) is 2.53. The molecule has 1 aromatic carbocycles. The van der Waals surface area contributed by atoms with Crippen molar-refractivity contribution < 1.29 is 14.2 Å². The SMILES string of the molecule is CCN(Cc1ccc(O)c(F)c1)CC1CCCO1. The molecule has 1 aromatic rings. The van der Waals surface area contributed by atoms with Crippen LogP contribution in [0.1, 0.15) is 25.3 Å². The van der Waals surface area contributed by atoms with Gasteiger partial charge >= 0.3 is 0 Å². The first-order chi connectivity index (χ1) is 8.69. The Kier molecular flexibility index (Phi) is 4.55. The molecule has 1 unspecified atom stereocenters. The maximum atomic E-state index is 13.2. The van der Waals surface area contributed by atoms with E-state index in [9.17, 15) is 4.39 Å². The van der Waals surface area contributed by atoms with Crippen LogP contribution in [-0.4, -0.2) is 35.8 Å². The van der Waals surface area contributed by atoms with Crippen molar-refractivity contribution in [3.05, 3.63) is 29.6 Å². The Morgan fingerprint density at radius 3 is 2.94 bits per heavy atom. The van der Waals surface area contributed by atoms with Crippen LogP contribution < -0.4 is 0 Å². The van der Waals surface area contributed by atoms with Gasteiger partial charge in [0.05, 0.1) is 6.10 Å². The lowest BCUT2D eigenvalue weighted by atomic mass is 10.1. The van der Waals surface area contributed by atoms with Gasteiger partial charge in [0, 0.05) is 19.7 Å². The lowest BCUT2D eigenvalue weighted by Gasteiger charge is -2.23. The third-order valence-corrected chi connectivity index (χ3v) is 3.35. The molecule has 0 amide bonds. The van der Waals surface area contributed by atoms with Crippen LogP contribution in [0.4, 0.5) is 4.39 Å². The minimum Gasteiger partial charge on any atom is -0.505 e. The van der Waals surface area contributed by atoms with Crippen molar-refractivity contribution >= 4 is 0 Å². The number of halogens is 1. The third-order valence-electron chi connectivity index (χ3n) is 3.35. The van der Waals surface area contributed by atoms with Gasteiger partial charge in [0.25, 0.3) is 0 Å². The van der Waals surface area contributed by atoms with Crippen LogP contribution in [0.2, 0.25) is 0 Å². The molecule has 1 aliphatic rings. The number of benzene rings is 1. The van der Waals surface area contributed by atoms with Crippen molar-refractivity contribution in [2.75, 3.05) is 19.7 Å². The van der Waals surface area contributed by atoms with Crippen molar-refractivity contribution in [3.8, 4) is 5.75 Å². The first-order valence-electron chi connectivity index (χ1n) is 6.50. The topological polar surface area (TPSA) is 32.7 Å². The highest BCUT2D eigenvalue weighted by molar-refractivity contribution is 5.27. The maximum Gasteiger partial charge on any atom is 0.165 e. The second-order valence-corrected chi connectivity index (χ2v) is 4.75. The van der Waals surface area contributed by atoms with Crippen molar-refractivity contribution in [2.24, 2.45) is 0 Å². The number of phenols is 1. The van der Waals surface area contributed by atoms with Gasteiger partial charge in [-0.3, -0.25) is 4.90 Å². The fourth-order valence-electron chi connectivity index (χ4n) is 2.29. The molecular weight excluding hydrogens is 233 g/mol. The van der Waals surface area contributed by atoms with E-state index in [0.717, 1.165) is 38.1 Å². The van der Waals surface area contributed by atoms with E-state index in [1.165, 1.54) is 12.1 Å². The molecule has 100 valence electrons. The van der Waals surface area contributed by atoms with Gasteiger partial charge in [-0.2, -0.15) is 0 Å². The average Bonchev–Trinajstić information content (AvgIpc) is 2.86. The smallest absolute Gasteiger partial charge is 0.165 e. The number of likely N-dealkylation sites (N-methyl/N-ethyl adjacent to an activating group) is 1. The summed E-state index contributed by atoms with van der Waals surface area (Å²) in [5.74, 6) is -0.846. The fourth-order valence-corrected chi connectivity index (χ4v) is 2.29. The molecule has 1 heterocycles. The Morgan fingerprint density at radius 1 is 1.50 bits per heavy atom. The zero-order valence-electron chi connectivity index (χ0n) is 10.7. The third kappa shape index (κ3) is 3.43. The Bertz CT molecular complexity index is 391. The molecule has 1 fully saturated rings. The van der Waals surface area contributed by atoms with Crippen LogP contribution in [0.25, 0.3) is 0 Å². The number of aromatic hydroxyl groups is 1. The summed E-state index contributed by atoms with van der Waals surface area (Å²) in [5.41, 5.74) is 0.880. The van der Waals surface area contributed by atoms with Gasteiger partial charge < -0.3 is 9.84 Å². The fraction of sp³-hybridized carbons (Fsp3) is 0.571. The summed E-state index contributed by atoms with van der Waals surface area (Å²) in [4.78, 5) is 2.24. The number of nitrogens with zero attached hydrogens (tertiary/aromatic N) is 1. The number of hydrogen-bond acceptors (Lipinski definition) is 3. The summed E-state index contributed by atoms with van der Waals surface area (Å²) in [6.45, 7) is 5.43. The standard InChI is InChI=1S/C14H20FNO2/c1-2-16(10-12-4-3-7-18-12)9-11-5-6-14(17)13(15)8-11/h5-6,8,12,17H,2-4,7,9-10H2,1H3. The number of ether oxygens (including phenoxy) is 1. The van der Waals surface area contributed by atoms with Crippen LogP contribution in [0, 0.1) is 5.82 Å². The van der Waals surface area contributed by atoms with Gasteiger partial charge in [0.1, 0.15) is 0 Å². The first kappa shape index (κ1) is 13.3. The Balaban J connectivity index is 1.94. The van der Waals surface area contributed by atoms with Crippen molar-refractivity contribution in [1.29, 1.82) is 0 Å². The molecule has 1 aliphatic heterocycles. The molecule has 0 aromatic heterocycles. The molecule has 0 spiro atoms. The summed E-state index contributed by atoms with van der Waals surface area (Å²) < 4.78 is 18.9. The van der Waals surface area contributed by atoms with E-state index >= 15 is 0 Å². The number of phenolic OH excluding ortho intramolecular Hbond substituents is 1. The summed E-state index contributed by atoms with van der Waals surface area (Å²) in [6.07, 6.45) is 2.56. The van der Waals surface area contributed by atoms with E-state index in [1.54, 1.807) is 6.07 Å². The van der Waals surface area contributed by atoms with Crippen LogP contribution in [0.15, 0.2) is 18.2 Å². The second kappa shape index (κ2) is 6.16. The molecule has 0 bridgehead atoms. The largest absolute Gasteiger partial charge is 0.505 e. The highest BCUT2D eigenvalue weighted by Crippen LogP contribution is 2.19. The summed E-state index contributed by atoms with van der Waals surface area (Å²) in [6, 6.07) is 4.56. The van der Waals surface area contributed by atoms with E-state index in [-0.39, 0.29) is 5.75 Å². The summed E-state index contributed by atoms with van der Waals surface area (Å²) in [7, 11) is 0. The minimum atomic E-state index is -0.555. The Hall–Kier alpha value is -1.13. The molecule has 1 atom stereocenters. The molecular formula is C14H20FNO2. The summed E-state index contributed by atoms with van der Waals surface area (Å²) in [5, 5.41) is 9.16. The predicted molar refractivity (Wildman–Crippen MR) is 68.0 cm³/mol. The maximum absolute atomic E-state index is 13.2. The Labute approximate surface area is 107 Å². The monoisotopic (exact) mass is 253 g/mol. The van der Waals surface area contributed by atoms with E-state index in [1.807, 2.05) is 0 Å². The quantitative estimate of drug-likeness (QED) is 0.875. The zero-order valence-corrected chi connectivity index (χ0v) is 10.7. The van der Waals surface area contributed by atoms with Crippen molar-refractivity contribution in [1.82, 2.24) is 4.90 Å². The lowest BCUT2D eigenvalue weighted by molar-refractivity contribution is 0.0724. The minimum absolute atomic E-state index is 0.291. The van der Waals surface area contributed by atoms with E-state index in [4.69, 9.17) is 9.84 Å². The van der Waals surface area contributed by atoms with Gasteiger partial charge in [0.15, 0.2) is 11.6 Å². The van der Waals surface area contributed by atoms with Crippen LogP contribution >= 0.6 is 0 Å². The van der Waals surface area contributed by atoms with Crippen LogP contribution in [0.5, 0.6) is 5.75 Å². The zero-order chi connectivity index (χ0) is 13.0. The number of rotatable bonds is 5. The molecule has 4 heteroatoms. The molecule has 2 rings (SSSR count). The van der Waals surface area contributed by atoms with Gasteiger partial charge in [-0.05, 0) is 37.1 Å². The molecule has 0 aliphatic carbocycles. The summed E-state index contributed by atoms with van der Waals surface area (Å²) >= 11 is 0. The average molecular weight is 253 g/mol. The van der Waals surface area contributed by atoms with E-state index < -0.39 is 5.82 Å². The highest BCUT2D eigenvalue weighted by Gasteiger charge is 2.18. The van der Waals surface area contributed by atoms with Crippen molar-refractivity contribution in [2.45, 2.75) is 32.4 Å². The normalized spacial score (nSPS) is 19.6. The molecule has 1 N–H and O–H groups in total. The molecule has 18 heavy (non-hydrogen) atoms. The van der Waals surface area contributed by atoms with Crippen molar-refractivity contribution in [3.63, 3.8) is 0 Å². The number of hydrogen-bond donors (Lipinski definition) is 1. The lowest BCUT2D eigenvalue weighted by Crippen LogP contribution is -2.31. The molecule has 3 nitrogen and oxygen atoms in total. The first-order valence-corrected chi connectivity index (χ1v) is 6.50. The van der Waals surface area contributed by atoms with Gasteiger partial charge in [0.2, 0.25) is 0 Å².